The first-order chi connectivity index (χ1) is 8.18. The third-order valence-electron chi connectivity index (χ3n) is 2.83. The summed E-state index contributed by atoms with van der Waals surface area (Å²) < 4.78 is 5.25. The summed E-state index contributed by atoms with van der Waals surface area (Å²) in [5.41, 5.74) is 0. The molecule has 0 aromatic heterocycles. The van der Waals surface area contributed by atoms with Gasteiger partial charge >= 0.3 is 0 Å². The van der Waals surface area contributed by atoms with Crippen LogP contribution in [-0.4, -0.2) is 63.8 Å². The summed E-state index contributed by atoms with van der Waals surface area (Å²) in [4.78, 5) is 13.7. The van der Waals surface area contributed by atoms with E-state index in [1.807, 2.05) is 0 Å². The minimum atomic E-state index is 0.0988. The van der Waals surface area contributed by atoms with Crippen molar-refractivity contribution >= 4 is 5.91 Å². The van der Waals surface area contributed by atoms with Crippen molar-refractivity contribution in [3.63, 3.8) is 0 Å². The SMILES string of the molecule is CN(C)CCCNCC(=O)NC1CCOCC1. The Morgan fingerprint density at radius 2 is 2.06 bits per heavy atom. The molecule has 1 amide bonds. The van der Waals surface area contributed by atoms with E-state index in [0.29, 0.717) is 12.6 Å². The molecule has 1 saturated heterocycles. The van der Waals surface area contributed by atoms with Crippen molar-refractivity contribution < 1.29 is 9.53 Å². The molecule has 5 heteroatoms. The third kappa shape index (κ3) is 7.31. The van der Waals surface area contributed by atoms with E-state index in [0.717, 1.165) is 45.6 Å². The van der Waals surface area contributed by atoms with Crippen LogP contribution in [0, 0.1) is 0 Å². The standard InChI is InChI=1S/C12H25N3O2/c1-15(2)7-3-6-13-10-12(16)14-11-4-8-17-9-5-11/h11,13H,3-10H2,1-2H3,(H,14,16). The van der Waals surface area contributed by atoms with Gasteiger partial charge in [-0.15, -0.1) is 0 Å². The van der Waals surface area contributed by atoms with E-state index in [1.54, 1.807) is 0 Å². The van der Waals surface area contributed by atoms with Crippen LogP contribution in [0.25, 0.3) is 0 Å². The predicted octanol–water partition coefficient (Wildman–Crippen LogP) is -0.177. The molecule has 17 heavy (non-hydrogen) atoms. The van der Waals surface area contributed by atoms with Crippen molar-refractivity contribution in [1.82, 2.24) is 15.5 Å². The largest absolute Gasteiger partial charge is 0.381 e. The lowest BCUT2D eigenvalue weighted by atomic mass is 10.1. The number of amides is 1. The quantitative estimate of drug-likeness (QED) is 0.609. The van der Waals surface area contributed by atoms with Crippen molar-refractivity contribution in [2.24, 2.45) is 0 Å². The topological polar surface area (TPSA) is 53.6 Å². The van der Waals surface area contributed by atoms with Crippen LogP contribution in [0.1, 0.15) is 19.3 Å². The molecule has 0 atom stereocenters. The zero-order valence-corrected chi connectivity index (χ0v) is 11.0. The molecule has 1 fully saturated rings. The van der Waals surface area contributed by atoms with E-state index in [2.05, 4.69) is 29.6 Å². The number of carbonyl (C=O) groups is 1. The molecule has 100 valence electrons. The van der Waals surface area contributed by atoms with Gasteiger partial charge in [-0.1, -0.05) is 0 Å². The number of hydrogen-bond donors (Lipinski definition) is 2. The van der Waals surface area contributed by atoms with Gasteiger partial charge in [0.05, 0.1) is 6.54 Å². The summed E-state index contributed by atoms with van der Waals surface area (Å²) in [6.45, 7) is 3.89. The highest BCUT2D eigenvalue weighted by Gasteiger charge is 2.15. The first-order valence-electron chi connectivity index (χ1n) is 6.41. The molecule has 0 aromatic carbocycles. The van der Waals surface area contributed by atoms with E-state index >= 15 is 0 Å². The van der Waals surface area contributed by atoms with Gasteiger partial charge in [-0.25, -0.2) is 0 Å². The molecule has 0 saturated carbocycles. The fourth-order valence-corrected chi connectivity index (χ4v) is 1.84. The molecule has 5 nitrogen and oxygen atoms in total. The van der Waals surface area contributed by atoms with Gasteiger partial charge in [0.1, 0.15) is 0 Å². The molecule has 1 aliphatic heterocycles. The van der Waals surface area contributed by atoms with Crippen LogP contribution in [0.3, 0.4) is 0 Å². The maximum Gasteiger partial charge on any atom is 0.234 e. The van der Waals surface area contributed by atoms with Crippen molar-refractivity contribution in [1.29, 1.82) is 0 Å². The molecule has 1 heterocycles. The summed E-state index contributed by atoms with van der Waals surface area (Å²) in [5.74, 6) is 0.0988. The summed E-state index contributed by atoms with van der Waals surface area (Å²) >= 11 is 0. The second-order valence-electron chi connectivity index (χ2n) is 4.79. The fourth-order valence-electron chi connectivity index (χ4n) is 1.84. The van der Waals surface area contributed by atoms with Crippen molar-refractivity contribution in [3.05, 3.63) is 0 Å². The van der Waals surface area contributed by atoms with E-state index in [-0.39, 0.29) is 5.91 Å². The summed E-state index contributed by atoms with van der Waals surface area (Å²) in [6, 6.07) is 0.305. The first-order valence-corrected chi connectivity index (χ1v) is 6.41. The molecule has 0 aliphatic carbocycles. The highest BCUT2D eigenvalue weighted by atomic mass is 16.5. The second kappa shape index (κ2) is 8.44. The Morgan fingerprint density at radius 3 is 2.71 bits per heavy atom. The normalized spacial score (nSPS) is 17.4. The summed E-state index contributed by atoms with van der Waals surface area (Å²) in [6.07, 6.45) is 2.94. The van der Waals surface area contributed by atoms with Gasteiger partial charge in [-0.2, -0.15) is 0 Å². The lowest BCUT2D eigenvalue weighted by molar-refractivity contribution is -0.121. The number of nitrogens with one attached hydrogen (secondary N) is 2. The van der Waals surface area contributed by atoms with Crippen LogP contribution in [0.2, 0.25) is 0 Å². The maximum atomic E-state index is 11.6. The zero-order chi connectivity index (χ0) is 12.5. The molecule has 0 spiro atoms. The summed E-state index contributed by atoms with van der Waals surface area (Å²) in [5, 5.41) is 6.19. The van der Waals surface area contributed by atoms with Crippen LogP contribution < -0.4 is 10.6 Å². The molecule has 0 unspecified atom stereocenters. The molecule has 1 aliphatic rings. The predicted molar refractivity (Wildman–Crippen MR) is 68.0 cm³/mol. The summed E-state index contributed by atoms with van der Waals surface area (Å²) in [7, 11) is 4.11. The van der Waals surface area contributed by atoms with Gasteiger partial charge in [0.25, 0.3) is 0 Å². The van der Waals surface area contributed by atoms with Crippen molar-refractivity contribution in [2.75, 3.05) is 46.9 Å². The Morgan fingerprint density at radius 1 is 1.35 bits per heavy atom. The molecule has 1 rings (SSSR count). The molecule has 2 N–H and O–H groups in total. The highest BCUT2D eigenvalue weighted by Crippen LogP contribution is 2.05. The Bertz CT molecular complexity index is 216. The fraction of sp³-hybridized carbons (Fsp3) is 0.917. The minimum Gasteiger partial charge on any atom is -0.381 e. The molecular formula is C12H25N3O2. The van der Waals surface area contributed by atoms with Crippen molar-refractivity contribution in [2.45, 2.75) is 25.3 Å². The van der Waals surface area contributed by atoms with Crippen molar-refractivity contribution in [3.8, 4) is 0 Å². The van der Waals surface area contributed by atoms with Gasteiger partial charge in [0.15, 0.2) is 0 Å². The van der Waals surface area contributed by atoms with Gasteiger partial charge in [0.2, 0.25) is 5.91 Å². The van der Waals surface area contributed by atoms with Crippen LogP contribution in [-0.2, 0) is 9.53 Å². The van der Waals surface area contributed by atoms with Gasteiger partial charge < -0.3 is 20.3 Å². The minimum absolute atomic E-state index is 0.0988. The average molecular weight is 243 g/mol. The number of carbonyl (C=O) groups excluding carboxylic acids is 1. The lowest BCUT2D eigenvalue weighted by Crippen LogP contribution is -2.43. The van der Waals surface area contributed by atoms with E-state index in [1.165, 1.54) is 0 Å². The Kier molecular flexibility index (Phi) is 7.16. The smallest absolute Gasteiger partial charge is 0.234 e. The van der Waals surface area contributed by atoms with E-state index in [9.17, 15) is 4.79 Å². The molecular weight excluding hydrogens is 218 g/mol. The zero-order valence-electron chi connectivity index (χ0n) is 11.0. The van der Waals surface area contributed by atoms with Gasteiger partial charge in [-0.05, 0) is 46.4 Å². The molecule has 0 aromatic rings. The molecule has 0 radical (unpaired) electrons. The lowest BCUT2D eigenvalue weighted by Gasteiger charge is -2.23. The van der Waals surface area contributed by atoms with Gasteiger partial charge in [-0.3, -0.25) is 4.79 Å². The Labute approximate surface area is 104 Å². The van der Waals surface area contributed by atoms with E-state index in [4.69, 9.17) is 4.74 Å². The number of ether oxygens (including phenoxy) is 1. The Hall–Kier alpha value is -0.650. The average Bonchev–Trinajstić information content (AvgIpc) is 2.29. The number of nitrogens with zero attached hydrogens (tertiary/aromatic N) is 1. The van der Waals surface area contributed by atoms with E-state index < -0.39 is 0 Å². The Balaban J connectivity index is 1.97. The third-order valence-corrected chi connectivity index (χ3v) is 2.83. The number of hydrogen-bond acceptors (Lipinski definition) is 4. The van der Waals surface area contributed by atoms with Crippen LogP contribution >= 0.6 is 0 Å². The maximum absolute atomic E-state index is 11.6. The van der Waals surface area contributed by atoms with Crippen LogP contribution in [0.5, 0.6) is 0 Å². The van der Waals surface area contributed by atoms with Gasteiger partial charge in [0, 0.05) is 19.3 Å². The van der Waals surface area contributed by atoms with Crippen LogP contribution in [0.15, 0.2) is 0 Å². The monoisotopic (exact) mass is 243 g/mol. The first kappa shape index (κ1) is 14.4. The highest BCUT2D eigenvalue weighted by molar-refractivity contribution is 5.78. The second-order valence-corrected chi connectivity index (χ2v) is 4.79. The molecule has 0 bridgehead atoms. The number of rotatable bonds is 7. The van der Waals surface area contributed by atoms with Crippen LogP contribution in [0.4, 0.5) is 0 Å².